The number of nitrogens with zero attached hydrogens (tertiary/aromatic N) is 3. The molecule has 0 saturated carbocycles. The number of anilines is 1. The molecular formula is C23H27N5O2. The minimum Gasteiger partial charge on any atom is -0.497 e. The quantitative estimate of drug-likeness (QED) is 0.444. The molecule has 1 amide bonds. The van der Waals surface area contributed by atoms with Crippen LogP contribution in [-0.4, -0.2) is 35.6 Å². The van der Waals surface area contributed by atoms with E-state index in [2.05, 4.69) is 52.1 Å². The minimum atomic E-state index is -0.239. The fraction of sp³-hybridized carbons (Fsp3) is 0.261. The predicted octanol–water partition coefficient (Wildman–Crippen LogP) is 3.43. The number of benzene rings is 2. The third-order valence-electron chi connectivity index (χ3n) is 4.80. The predicted molar refractivity (Wildman–Crippen MR) is 119 cm³/mol. The summed E-state index contributed by atoms with van der Waals surface area (Å²) in [6.07, 6.45) is 1.65. The lowest BCUT2D eigenvalue weighted by molar-refractivity contribution is -0.119. The Morgan fingerprint density at radius 3 is 2.67 bits per heavy atom. The molecule has 0 radical (unpaired) electrons. The number of carbonyl (C=O) groups is 1. The average molecular weight is 406 g/mol. The third-order valence-corrected chi connectivity index (χ3v) is 4.80. The number of methoxy groups -OCH3 is 1. The number of hydrogen-bond donors (Lipinski definition) is 2. The smallest absolute Gasteiger partial charge is 0.259 e. The van der Waals surface area contributed by atoms with Crippen molar-refractivity contribution < 1.29 is 9.53 Å². The van der Waals surface area contributed by atoms with Crippen molar-refractivity contribution in [1.29, 1.82) is 0 Å². The summed E-state index contributed by atoms with van der Waals surface area (Å²) < 4.78 is 7.12. The van der Waals surface area contributed by atoms with Crippen LogP contribution in [0.25, 0.3) is 0 Å². The summed E-state index contributed by atoms with van der Waals surface area (Å²) in [5, 5.41) is 11.7. The number of carbonyl (C=O) groups excluding carboxylic acids is 1. The van der Waals surface area contributed by atoms with Gasteiger partial charge in [-0.1, -0.05) is 35.9 Å². The molecule has 7 nitrogen and oxygen atoms in total. The Kier molecular flexibility index (Phi) is 6.85. The first-order valence-electron chi connectivity index (χ1n) is 9.75. The lowest BCUT2D eigenvalue weighted by Gasteiger charge is -2.07. The third kappa shape index (κ3) is 5.47. The first-order chi connectivity index (χ1) is 14.5. The van der Waals surface area contributed by atoms with Gasteiger partial charge in [0.1, 0.15) is 5.75 Å². The van der Waals surface area contributed by atoms with E-state index in [0.29, 0.717) is 6.54 Å². The number of ether oxygens (including phenoxy) is 1. The van der Waals surface area contributed by atoms with Gasteiger partial charge in [-0.05, 0) is 38.5 Å². The van der Waals surface area contributed by atoms with Crippen LogP contribution in [0.5, 0.6) is 5.75 Å². The first kappa shape index (κ1) is 21.1. The monoisotopic (exact) mass is 405 g/mol. The fourth-order valence-corrected chi connectivity index (χ4v) is 3.04. The van der Waals surface area contributed by atoms with E-state index in [1.807, 2.05) is 42.8 Å². The SMILES string of the molecule is COc1cccc(NCC(=O)N/N=C\c2c(C)nn(Cc3ccc(C)cc3)c2C)c1. The van der Waals surface area contributed by atoms with E-state index < -0.39 is 0 Å². The van der Waals surface area contributed by atoms with E-state index in [-0.39, 0.29) is 12.5 Å². The number of hydrogen-bond acceptors (Lipinski definition) is 5. The number of aromatic nitrogens is 2. The Bertz CT molecular complexity index is 1040. The molecule has 3 rings (SSSR count). The Balaban J connectivity index is 1.57. The van der Waals surface area contributed by atoms with Crippen molar-refractivity contribution in [3.63, 3.8) is 0 Å². The van der Waals surface area contributed by atoms with Gasteiger partial charge in [-0.2, -0.15) is 10.2 Å². The van der Waals surface area contributed by atoms with Gasteiger partial charge in [-0.25, -0.2) is 5.43 Å². The average Bonchev–Trinajstić information content (AvgIpc) is 3.01. The summed E-state index contributed by atoms with van der Waals surface area (Å²) in [5.41, 5.74) is 8.55. The molecule has 156 valence electrons. The number of hydrazone groups is 1. The minimum absolute atomic E-state index is 0.106. The second-order valence-electron chi connectivity index (χ2n) is 7.11. The van der Waals surface area contributed by atoms with Crippen molar-refractivity contribution in [2.24, 2.45) is 5.10 Å². The van der Waals surface area contributed by atoms with Crippen molar-refractivity contribution in [2.75, 3.05) is 19.0 Å². The molecule has 1 aromatic heterocycles. The first-order valence-corrected chi connectivity index (χ1v) is 9.75. The molecule has 0 aliphatic heterocycles. The van der Waals surface area contributed by atoms with Gasteiger partial charge < -0.3 is 10.1 Å². The summed E-state index contributed by atoms with van der Waals surface area (Å²) in [6.45, 7) is 6.81. The van der Waals surface area contributed by atoms with Crippen LogP contribution >= 0.6 is 0 Å². The molecule has 0 aliphatic carbocycles. The molecule has 0 spiro atoms. The Morgan fingerprint density at radius 1 is 1.17 bits per heavy atom. The van der Waals surface area contributed by atoms with Gasteiger partial charge in [0.05, 0.1) is 32.1 Å². The van der Waals surface area contributed by atoms with E-state index in [1.165, 1.54) is 11.1 Å². The van der Waals surface area contributed by atoms with Gasteiger partial charge >= 0.3 is 0 Å². The van der Waals surface area contributed by atoms with Gasteiger partial charge in [0.15, 0.2) is 0 Å². The topological polar surface area (TPSA) is 80.5 Å². The van der Waals surface area contributed by atoms with Crippen molar-refractivity contribution in [3.05, 3.63) is 76.6 Å². The number of rotatable bonds is 8. The lowest BCUT2D eigenvalue weighted by Crippen LogP contribution is -2.25. The van der Waals surface area contributed by atoms with Crippen LogP contribution in [0.4, 0.5) is 5.69 Å². The van der Waals surface area contributed by atoms with Crippen LogP contribution in [0, 0.1) is 20.8 Å². The van der Waals surface area contributed by atoms with Crippen molar-refractivity contribution in [2.45, 2.75) is 27.3 Å². The highest BCUT2D eigenvalue weighted by atomic mass is 16.5. The van der Waals surface area contributed by atoms with Gasteiger partial charge in [-0.3, -0.25) is 9.48 Å². The maximum atomic E-state index is 12.1. The molecule has 0 fully saturated rings. The number of nitrogens with one attached hydrogen (secondary N) is 2. The van der Waals surface area contributed by atoms with Gasteiger partial charge in [0, 0.05) is 23.0 Å². The van der Waals surface area contributed by atoms with Crippen LogP contribution in [-0.2, 0) is 11.3 Å². The molecule has 2 N–H and O–H groups in total. The Labute approximate surface area is 176 Å². The molecule has 1 heterocycles. The zero-order chi connectivity index (χ0) is 21.5. The van der Waals surface area contributed by atoms with E-state index in [1.54, 1.807) is 13.3 Å². The highest BCUT2D eigenvalue weighted by molar-refractivity contribution is 5.85. The molecule has 30 heavy (non-hydrogen) atoms. The van der Waals surface area contributed by atoms with E-state index in [4.69, 9.17) is 4.74 Å². The van der Waals surface area contributed by atoms with Crippen LogP contribution in [0.15, 0.2) is 53.6 Å². The van der Waals surface area contributed by atoms with E-state index >= 15 is 0 Å². The number of aryl methyl sites for hydroxylation is 2. The molecule has 0 aliphatic rings. The highest BCUT2D eigenvalue weighted by Gasteiger charge is 2.10. The zero-order valence-electron chi connectivity index (χ0n) is 17.8. The Morgan fingerprint density at radius 2 is 1.93 bits per heavy atom. The maximum absolute atomic E-state index is 12.1. The van der Waals surface area contributed by atoms with Crippen LogP contribution < -0.4 is 15.5 Å². The molecule has 2 aromatic carbocycles. The summed E-state index contributed by atoms with van der Waals surface area (Å²) >= 11 is 0. The molecular weight excluding hydrogens is 378 g/mol. The van der Waals surface area contributed by atoms with Crippen molar-refractivity contribution in [3.8, 4) is 5.75 Å². The van der Waals surface area contributed by atoms with Gasteiger partial charge in [0.2, 0.25) is 0 Å². The molecule has 0 unspecified atom stereocenters. The van der Waals surface area contributed by atoms with Crippen molar-refractivity contribution >= 4 is 17.8 Å². The van der Waals surface area contributed by atoms with E-state index in [0.717, 1.165) is 28.4 Å². The lowest BCUT2D eigenvalue weighted by atomic mass is 10.1. The summed E-state index contributed by atoms with van der Waals surface area (Å²) in [6, 6.07) is 15.8. The summed E-state index contributed by atoms with van der Waals surface area (Å²) in [4.78, 5) is 12.1. The van der Waals surface area contributed by atoms with Gasteiger partial charge in [-0.15, -0.1) is 0 Å². The highest BCUT2D eigenvalue weighted by Crippen LogP contribution is 2.16. The molecule has 0 atom stereocenters. The Hall–Kier alpha value is -3.61. The van der Waals surface area contributed by atoms with E-state index in [9.17, 15) is 4.79 Å². The van der Waals surface area contributed by atoms with Gasteiger partial charge in [0.25, 0.3) is 5.91 Å². The largest absolute Gasteiger partial charge is 0.497 e. The standard InChI is InChI=1S/C23H27N5O2/c1-16-8-10-19(11-9-16)15-28-18(3)22(17(2)27-28)13-25-26-23(29)14-24-20-6-5-7-21(12-20)30-4/h5-13,24H,14-15H2,1-4H3,(H,26,29)/b25-13-. The second kappa shape index (κ2) is 9.73. The fourth-order valence-electron chi connectivity index (χ4n) is 3.04. The van der Waals surface area contributed by atoms with Crippen LogP contribution in [0.1, 0.15) is 28.1 Å². The number of amides is 1. The van der Waals surface area contributed by atoms with Crippen LogP contribution in [0.2, 0.25) is 0 Å². The zero-order valence-corrected chi connectivity index (χ0v) is 17.8. The summed E-state index contributed by atoms with van der Waals surface area (Å²) in [7, 11) is 1.60. The van der Waals surface area contributed by atoms with Crippen LogP contribution in [0.3, 0.4) is 0 Å². The second-order valence-corrected chi connectivity index (χ2v) is 7.11. The molecule has 7 heteroatoms. The molecule has 0 bridgehead atoms. The molecule has 0 saturated heterocycles. The maximum Gasteiger partial charge on any atom is 0.259 e. The normalized spacial score (nSPS) is 10.9. The summed E-state index contributed by atoms with van der Waals surface area (Å²) in [5.74, 6) is 0.489. The van der Waals surface area contributed by atoms with Crippen molar-refractivity contribution in [1.82, 2.24) is 15.2 Å². The molecule has 3 aromatic rings.